The minimum Gasteiger partial charge on any atom is -0.469 e. The molecule has 0 aromatic carbocycles. The fraction of sp³-hybridized carbons (Fsp3) is 0.750. The van der Waals surface area contributed by atoms with Crippen LogP contribution in [0.25, 0.3) is 0 Å². The Labute approximate surface area is 122 Å². The van der Waals surface area contributed by atoms with E-state index in [1.165, 1.54) is 21.1 Å². The lowest BCUT2D eigenvalue weighted by molar-refractivity contribution is -0.564. The summed E-state index contributed by atoms with van der Waals surface area (Å²) in [4.78, 5) is 32.8. The molecule has 0 bridgehead atoms. The minimum absolute atomic E-state index is 0.0410. The molecule has 0 aliphatic rings. The first-order chi connectivity index (χ1) is 9.78. The van der Waals surface area contributed by atoms with E-state index in [1.807, 2.05) is 0 Å². The average Bonchev–Trinajstić information content (AvgIpc) is 2.48. The molecular formula is C12H20N2O7. The van der Waals surface area contributed by atoms with Gasteiger partial charge in [-0.15, -0.1) is 0 Å². The summed E-state index contributed by atoms with van der Waals surface area (Å²) in [5.41, 5.74) is -1.38. The minimum atomic E-state index is -1.48. The number of nitro groups is 1. The van der Waals surface area contributed by atoms with Crippen LogP contribution in [-0.4, -0.2) is 47.5 Å². The van der Waals surface area contributed by atoms with Crippen molar-refractivity contribution in [1.29, 1.82) is 0 Å². The Morgan fingerprint density at radius 3 is 2.14 bits per heavy atom. The molecule has 1 unspecified atom stereocenters. The fourth-order valence-electron chi connectivity index (χ4n) is 1.68. The van der Waals surface area contributed by atoms with E-state index in [0.717, 1.165) is 0 Å². The van der Waals surface area contributed by atoms with E-state index in [9.17, 15) is 19.7 Å². The number of oxime groups is 1. The van der Waals surface area contributed by atoms with Gasteiger partial charge in [-0.3, -0.25) is 19.7 Å². The highest BCUT2D eigenvalue weighted by atomic mass is 16.6. The van der Waals surface area contributed by atoms with E-state index < -0.39 is 22.4 Å². The first-order valence-electron chi connectivity index (χ1n) is 6.27. The molecule has 0 aromatic heterocycles. The van der Waals surface area contributed by atoms with Crippen molar-refractivity contribution in [3.05, 3.63) is 10.1 Å². The Morgan fingerprint density at radius 2 is 1.71 bits per heavy atom. The number of hydrogen-bond acceptors (Lipinski definition) is 8. The fourth-order valence-corrected chi connectivity index (χ4v) is 1.68. The molecule has 1 atom stereocenters. The van der Waals surface area contributed by atoms with Crippen LogP contribution in [0.2, 0.25) is 0 Å². The predicted octanol–water partition coefficient (Wildman–Crippen LogP) is 1.15. The Morgan fingerprint density at radius 1 is 1.19 bits per heavy atom. The second kappa shape index (κ2) is 8.88. The van der Waals surface area contributed by atoms with Gasteiger partial charge in [-0.05, 0) is 6.42 Å². The van der Waals surface area contributed by atoms with Gasteiger partial charge in [0.05, 0.1) is 39.2 Å². The molecule has 0 aromatic rings. The number of methoxy groups -OCH3 is 2. The Bertz CT molecular complexity index is 422. The summed E-state index contributed by atoms with van der Waals surface area (Å²) >= 11 is 0. The van der Waals surface area contributed by atoms with E-state index in [0.29, 0.717) is 0 Å². The molecule has 0 fully saturated rings. The van der Waals surface area contributed by atoms with Crippen molar-refractivity contribution in [3.8, 4) is 0 Å². The summed E-state index contributed by atoms with van der Waals surface area (Å²) in [5.74, 6) is -1.06. The van der Waals surface area contributed by atoms with Gasteiger partial charge in [0, 0.05) is 18.3 Å². The van der Waals surface area contributed by atoms with Crippen LogP contribution in [0.4, 0.5) is 0 Å². The van der Waals surface area contributed by atoms with Gasteiger partial charge in [0.2, 0.25) is 5.54 Å². The third kappa shape index (κ3) is 6.68. The Hall–Kier alpha value is -2.19. The zero-order valence-corrected chi connectivity index (χ0v) is 12.3. The summed E-state index contributed by atoms with van der Waals surface area (Å²) in [6, 6.07) is 0. The largest absolute Gasteiger partial charge is 0.469 e. The molecule has 0 amide bonds. The van der Waals surface area contributed by atoms with Crippen molar-refractivity contribution in [2.45, 2.75) is 44.6 Å². The van der Waals surface area contributed by atoms with Crippen molar-refractivity contribution in [3.63, 3.8) is 0 Å². The van der Waals surface area contributed by atoms with Gasteiger partial charge in [0.25, 0.3) is 0 Å². The van der Waals surface area contributed by atoms with Crippen LogP contribution in [0.15, 0.2) is 5.16 Å². The maximum Gasteiger partial charge on any atom is 0.305 e. The summed E-state index contributed by atoms with van der Waals surface area (Å²) in [5, 5.41) is 23.1. The van der Waals surface area contributed by atoms with Crippen LogP contribution in [0.3, 0.4) is 0 Å². The summed E-state index contributed by atoms with van der Waals surface area (Å²) < 4.78 is 8.89. The van der Waals surface area contributed by atoms with E-state index in [-0.39, 0.29) is 37.8 Å². The third-order valence-corrected chi connectivity index (χ3v) is 3.11. The van der Waals surface area contributed by atoms with E-state index >= 15 is 0 Å². The predicted molar refractivity (Wildman–Crippen MR) is 71.7 cm³/mol. The van der Waals surface area contributed by atoms with Crippen molar-refractivity contribution in [1.82, 2.24) is 0 Å². The number of carbonyl (C=O) groups is 2. The maximum absolute atomic E-state index is 11.2. The number of hydrogen-bond donors (Lipinski definition) is 1. The first kappa shape index (κ1) is 18.8. The van der Waals surface area contributed by atoms with Gasteiger partial charge < -0.3 is 14.7 Å². The molecule has 0 spiro atoms. The summed E-state index contributed by atoms with van der Waals surface area (Å²) in [7, 11) is 2.42. The lowest BCUT2D eigenvalue weighted by Gasteiger charge is -2.20. The molecule has 9 heteroatoms. The monoisotopic (exact) mass is 304 g/mol. The van der Waals surface area contributed by atoms with E-state index in [1.54, 1.807) is 0 Å². The van der Waals surface area contributed by atoms with Crippen LogP contribution < -0.4 is 0 Å². The lowest BCUT2D eigenvalue weighted by Crippen LogP contribution is -2.38. The van der Waals surface area contributed by atoms with Crippen LogP contribution in [0, 0.1) is 10.1 Å². The van der Waals surface area contributed by atoms with Crippen LogP contribution >= 0.6 is 0 Å². The third-order valence-electron chi connectivity index (χ3n) is 3.11. The van der Waals surface area contributed by atoms with Gasteiger partial charge in [0.15, 0.2) is 0 Å². The van der Waals surface area contributed by atoms with Gasteiger partial charge >= 0.3 is 11.9 Å². The second-order valence-corrected chi connectivity index (χ2v) is 4.75. The number of ether oxygens (including phenoxy) is 2. The van der Waals surface area contributed by atoms with Crippen LogP contribution in [0.1, 0.15) is 39.0 Å². The number of rotatable bonds is 9. The number of carbonyl (C=O) groups excluding carboxylic acids is 2. The molecule has 120 valence electrons. The second-order valence-electron chi connectivity index (χ2n) is 4.75. The molecule has 0 saturated carbocycles. The van der Waals surface area contributed by atoms with Crippen LogP contribution in [-0.2, 0) is 19.1 Å². The molecule has 0 radical (unpaired) electrons. The quantitative estimate of drug-likeness (QED) is 0.222. The topological polar surface area (TPSA) is 128 Å². The zero-order chi connectivity index (χ0) is 16.5. The molecule has 1 N–H and O–H groups in total. The number of nitrogens with zero attached hydrogens (tertiary/aromatic N) is 2. The van der Waals surface area contributed by atoms with Crippen LogP contribution in [0.5, 0.6) is 0 Å². The molecule has 0 rings (SSSR count). The van der Waals surface area contributed by atoms with Crippen molar-refractivity contribution in [2.24, 2.45) is 5.16 Å². The van der Waals surface area contributed by atoms with Crippen molar-refractivity contribution in [2.75, 3.05) is 14.2 Å². The summed E-state index contributed by atoms with van der Waals surface area (Å²) in [6.07, 6.45) is -0.358. The standard InChI is InChI=1S/C12H20N2O7/c1-12(14(18)19,7-6-11(16)21-3)8-9(13-17)4-5-10(15)20-2/h17H,4-8H2,1-3H3/b13-9+. The molecule has 21 heavy (non-hydrogen) atoms. The molecule has 0 saturated heterocycles. The number of esters is 2. The van der Waals surface area contributed by atoms with E-state index in [2.05, 4.69) is 14.6 Å². The first-order valence-corrected chi connectivity index (χ1v) is 6.27. The molecular weight excluding hydrogens is 284 g/mol. The molecule has 0 aliphatic heterocycles. The van der Waals surface area contributed by atoms with Gasteiger partial charge in [-0.25, -0.2) is 0 Å². The SMILES string of the molecule is COC(=O)CC/C(CC(C)(CCC(=O)OC)[N+](=O)[O-])=N\O. The Balaban J connectivity index is 4.75. The average molecular weight is 304 g/mol. The smallest absolute Gasteiger partial charge is 0.305 e. The molecule has 0 heterocycles. The lowest BCUT2D eigenvalue weighted by atomic mass is 9.89. The maximum atomic E-state index is 11.2. The zero-order valence-electron chi connectivity index (χ0n) is 12.3. The molecule has 0 aliphatic carbocycles. The Kier molecular flexibility index (Phi) is 7.95. The van der Waals surface area contributed by atoms with Gasteiger partial charge in [-0.1, -0.05) is 5.16 Å². The summed E-state index contributed by atoms with van der Waals surface area (Å²) in [6.45, 7) is 1.35. The highest BCUT2D eigenvalue weighted by Crippen LogP contribution is 2.23. The van der Waals surface area contributed by atoms with E-state index in [4.69, 9.17) is 5.21 Å². The van der Waals surface area contributed by atoms with Gasteiger partial charge in [0.1, 0.15) is 0 Å². The molecule has 9 nitrogen and oxygen atoms in total. The highest BCUT2D eigenvalue weighted by Gasteiger charge is 2.39. The highest BCUT2D eigenvalue weighted by molar-refractivity contribution is 5.87. The van der Waals surface area contributed by atoms with Crippen molar-refractivity contribution < 1.29 is 29.2 Å². The normalized spacial score (nSPS) is 14.1. The van der Waals surface area contributed by atoms with Crippen molar-refractivity contribution >= 4 is 17.7 Å². The van der Waals surface area contributed by atoms with Gasteiger partial charge in [-0.2, -0.15) is 0 Å².